The van der Waals surface area contributed by atoms with Gasteiger partial charge in [-0.2, -0.15) is 11.8 Å². The lowest BCUT2D eigenvalue weighted by Gasteiger charge is -2.35. The standard InChI is InChI=1S/C23H50O7SSi2/c1-7-25-32(26-8-2,27-9-3)18-13-17-31-23-20-21(14-15-22(23)24)16-19-33(28-10-4,29-11-5)30-12-6/h21-24H,7-20H2,1-6H3. The van der Waals surface area contributed by atoms with Gasteiger partial charge in [-0.3, -0.25) is 0 Å². The van der Waals surface area contributed by atoms with Crippen molar-refractivity contribution in [1.29, 1.82) is 0 Å². The highest BCUT2D eigenvalue weighted by Gasteiger charge is 2.42. The molecule has 1 rings (SSSR count). The van der Waals surface area contributed by atoms with Crippen molar-refractivity contribution < 1.29 is 31.7 Å². The fourth-order valence-electron chi connectivity index (χ4n) is 4.54. The Morgan fingerprint density at radius 3 is 1.61 bits per heavy atom. The maximum atomic E-state index is 10.6. The molecule has 0 aromatic heterocycles. The van der Waals surface area contributed by atoms with Gasteiger partial charge >= 0.3 is 17.6 Å². The van der Waals surface area contributed by atoms with E-state index >= 15 is 0 Å². The highest BCUT2D eigenvalue weighted by Crippen LogP contribution is 2.37. The topological polar surface area (TPSA) is 75.6 Å². The van der Waals surface area contributed by atoms with Crippen molar-refractivity contribution in [1.82, 2.24) is 0 Å². The van der Waals surface area contributed by atoms with Gasteiger partial charge in [0, 0.05) is 57.0 Å². The fraction of sp³-hybridized carbons (Fsp3) is 1.00. The molecule has 198 valence electrons. The zero-order valence-corrected chi connectivity index (χ0v) is 24.8. The predicted octanol–water partition coefficient (Wildman–Crippen LogP) is 5.13. The van der Waals surface area contributed by atoms with Crippen molar-refractivity contribution in [2.45, 2.75) is 97.1 Å². The molecule has 0 radical (unpaired) electrons. The Balaban J connectivity index is 2.57. The molecule has 0 saturated heterocycles. The van der Waals surface area contributed by atoms with Gasteiger partial charge < -0.3 is 31.7 Å². The summed E-state index contributed by atoms with van der Waals surface area (Å²) >= 11 is 1.89. The Hall–Kier alpha value is 0.504. The molecule has 0 spiro atoms. The maximum Gasteiger partial charge on any atom is 0.500 e. The van der Waals surface area contributed by atoms with Gasteiger partial charge in [0.1, 0.15) is 0 Å². The molecule has 33 heavy (non-hydrogen) atoms. The molecular formula is C23H50O7SSi2. The molecule has 1 aliphatic rings. The van der Waals surface area contributed by atoms with Gasteiger partial charge in [0.25, 0.3) is 0 Å². The number of rotatable bonds is 20. The first kappa shape index (κ1) is 31.5. The molecule has 0 aromatic carbocycles. The summed E-state index contributed by atoms with van der Waals surface area (Å²) < 4.78 is 36.0. The van der Waals surface area contributed by atoms with Crippen molar-refractivity contribution in [2.24, 2.45) is 5.92 Å². The minimum atomic E-state index is -2.60. The SMILES string of the molecule is CCO[Si](CCCSC1CC(CC[Si](OCC)(OCC)OCC)CCC1O)(OCC)OCC. The van der Waals surface area contributed by atoms with Crippen molar-refractivity contribution >= 4 is 29.4 Å². The summed E-state index contributed by atoms with van der Waals surface area (Å²) in [5, 5.41) is 10.9. The Morgan fingerprint density at radius 2 is 1.15 bits per heavy atom. The van der Waals surface area contributed by atoms with E-state index in [0.29, 0.717) is 45.6 Å². The third-order valence-corrected chi connectivity index (χ3v) is 13.6. The van der Waals surface area contributed by atoms with E-state index in [2.05, 4.69) is 0 Å². The highest BCUT2D eigenvalue weighted by atomic mass is 32.2. The van der Waals surface area contributed by atoms with Crippen molar-refractivity contribution in [3.05, 3.63) is 0 Å². The van der Waals surface area contributed by atoms with Crippen molar-refractivity contribution in [3.63, 3.8) is 0 Å². The molecule has 0 bridgehead atoms. The Kier molecular flexibility index (Phi) is 17.1. The number of aliphatic hydroxyl groups is 1. The number of aliphatic hydroxyl groups excluding tert-OH is 1. The number of thioether (sulfide) groups is 1. The van der Waals surface area contributed by atoms with Crippen LogP contribution in [0.4, 0.5) is 0 Å². The van der Waals surface area contributed by atoms with Crippen LogP contribution in [0.25, 0.3) is 0 Å². The molecule has 1 N–H and O–H groups in total. The average molecular weight is 527 g/mol. The van der Waals surface area contributed by atoms with Crippen LogP contribution in [0, 0.1) is 5.92 Å². The second kappa shape index (κ2) is 17.9. The largest absolute Gasteiger partial charge is 0.500 e. The van der Waals surface area contributed by atoms with E-state index in [1.165, 1.54) is 0 Å². The van der Waals surface area contributed by atoms with Crippen LogP contribution in [0.5, 0.6) is 0 Å². The maximum absolute atomic E-state index is 10.6. The van der Waals surface area contributed by atoms with Gasteiger partial charge in [0.15, 0.2) is 0 Å². The monoisotopic (exact) mass is 526 g/mol. The van der Waals surface area contributed by atoms with Gasteiger partial charge in [-0.25, -0.2) is 0 Å². The van der Waals surface area contributed by atoms with E-state index < -0.39 is 17.6 Å². The Bertz CT molecular complexity index is 456. The number of hydrogen-bond donors (Lipinski definition) is 1. The third-order valence-electron chi connectivity index (χ3n) is 5.87. The molecule has 10 heteroatoms. The van der Waals surface area contributed by atoms with Crippen LogP contribution in [0.1, 0.15) is 73.6 Å². The summed E-state index contributed by atoms with van der Waals surface area (Å²) in [7, 11) is -5.18. The van der Waals surface area contributed by atoms with Gasteiger partial charge in [-0.05, 0) is 85.3 Å². The molecular weight excluding hydrogens is 476 g/mol. The van der Waals surface area contributed by atoms with Crippen LogP contribution in [0.3, 0.4) is 0 Å². The lowest BCUT2D eigenvalue weighted by atomic mass is 9.85. The normalized spacial score (nSPS) is 22.1. The zero-order valence-electron chi connectivity index (χ0n) is 21.9. The molecule has 0 aliphatic heterocycles. The first-order valence-electron chi connectivity index (χ1n) is 13.1. The van der Waals surface area contributed by atoms with Crippen molar-refractivity contribution in [3.8, 4) is 0 Å². The van der Waals surface area contributed by atoms with E-state index in [9.17, 15) is 5.11 Å². The summed E-state index contributed by atoms with van der Waals surface area (Å²) in [6, 6.07) is 1.68. The van der Waals surface area contributed by atoms with Gasteiger partial charge in [-0.1, -0.05) is 0 Å². The first-order chi connectivity index (χ1) is 15.9. The second-order valence-electron chi connectivity index (χ2n) is 8.26. The van der Waals surface area contributed by atoms with Crippen LogP contribution in [-0.2, 0) is 26.6 Å². The lowest BCUT2D eigenvalue weighted by Crippen LogP contribution is -2.46. The Labute approximate surface area is 209 Å². The van der Waals surface area contributed by atoms with Crippen LogP contribution < -0.4 is 0 Å². The Morgan fingerprint density at radius 1 is 0.697 bits per heavy atom. The lowest BCUT2D eigenvalue weighted by molar-refractivity contribution is 0.0669. The average Bonchev–Trinajstić information content (AvgIpc) is 2.78. The van der Waals surface area contributed by atoms with Crippen molar-refractivity contribution in [2.75, 3.05) is 45.4 Å². The minimum Gasteiger partial charge on any atom is -0.392 e. The summed E-state index contributed by atoms with van der Waals surface area (Å²) in [5.74, 6) is 1.55. The zero-order chi connectivity index (χ0) is 24.6. The minimum absolute atomic E-state index is 0.230. The molecule has 3 unspecified atom stereocenters. The summed E-state index contributed by atoms with van der Waals surface area (Å²) in [4.78, 5) is 0. The molecule has 1 saturated carbocycles. The summed E-state index contributed by atoms with van der Waals surface area (Å²) in [5.41, 5.74) is 0. The molecule has 0 amide bonds. The fourth-order valence-corrected chi connectivity index (χ4v) is 11.6. The van der Waals surface area contributed by atoms with E-state index in [1.54, 1.807) is 0 Å². The van der Waals surface area contributed by atoms with Crippen LogP contribution in [-0.4, -0.2) is 79.5 Å². The van der Waals surface area contributed by atoms with E-state index in [0.717, 1.165) is 49.9 Å². The molecule has 3 atom stereocenters. The molecule has 1 fully saturated rings. The first-order valence-corrected chi connectivity index (χ1v) is 18.0. The third kappa shape index (κ3) is 11.4. The highest BCUT2D eigenvalue weighted by molar-refractivity contribution is 7.99. The van der Waals surface area contributed by atoms with Crippen LogP contribution in [0.2, 0.25) is 12.1 Å². The predicted molar refractivity (Wildman–Crippen MR) is 140 cm³/mol. The number of hydrogen-bond acceptors (Lipinski definition) is 8. The van der Waals surface area contributed by atoms with Crippen LogP contribution >= 0.6 is 11.8 Å². The molecule has 7 nitrogen and oxygen atoms in total. The van der Waals surface area contributed by atoms with Gasteiger partial charge in [0.05, 0.1) is 6.10 Å². The molecule has 0 heterocycles. The second-order valence-corrected chi connectivity index (χ2v) is 15.1. The van der Waals surface area contributed by atoms with Crippen LogP contribution in [0.15, 0.2) is 0 Å². The van der Waals surface area contributed by atoms with E-state index in [-0.39, 0.29) is 11.4 Å². The summed E-state index contributed by atoms with van der Waals surface area (Å²) in [6.07, 6.45) is 4.73. The molecule has 0 aromatic rings. The van der Waals surface area contributed by atoms with E-state index in [1.807, 2.05) is 53.3 Å². The van der Waals surface area contributed by atoms with Gasteiger partial charge in [-0.15, -0.1) is 0 Å². The summed E-state index contributed by atoms with van der Waals surface area (Å²) in [6.45, 7) is 15.7. The quantitative estimate of drug-likeness (QED) is 0.173. The molecule has 1 aliphatic carbocycles. The van der Waals surface area contributed by atoms with E-state index in [4.69, 9.17) is 26.6 Å². The smallest absolute Gasteiger partial charge is 0.392 e. The van der Waals surface area contributed by atoms with Gasteiger partial charge in [0.2, 0.25) is 0 Å².